The fraction of sp³-hybridized carbons (Fsp3) is 0.273. The predicted molar refractivity (Wildman–Crippen MR) is 67.2 cm³/mol. The second-order valence-electron chi connectivity index (χ2n) is 3.42. The lowest BCUT2D eigenvalue weighted by Crippen LogP contribution is -2.39. The predicted octanol–water partition coefficient (Wildman–Crippen LogP) is 1.96. The molecular weight excluding hydrogens is 281 g/mol. The molecule has 2 N–H and O–H groups in total. The molecule has 0 saturated carbocycles. The van der Waals surface area contributed by atoms with Crippen LogP contribution in [0.15, 0.2) is 18.2 Å². The number of halogens is 2. The Labute approximate surface area is 114 Å². The first kappa shape index (κ1) is 14.6. The summed E-state index contributed by atoms with van der Waals surface area (Å²) < 4.78 is 5.30. The van der Waals surface area contributed by atoms with E-state index in [-0.39, 0.29) is 10.8 Å². The van der Waals surface area contributed by atoms with E-state index in [1.54, 1.807) is 18.2 Å². The number of carboxylic acids is 1. The first-order valence-electron chi connectivity index (χ1n) is 5.02. The van der Waals surface area contributed by atoms with Crippen molar-refractivity contribution in [2.75, 3.05) is 6.54 Å². The van der Waals surface area contributed by atoms with Gasteiger partial charge in [0.15, 0.2) is 6.10 Å². The van der Waals surface area contributed by atoms with E-state index >= 15 is 0 Å². The van der Waals surface area contributed by atoms with Crippen molar-refractivity contribution in [3.8, 4) is 5.75 Å². The van der Waals surface area contributed by atoms with Crippen LogP contribution in [0.5, 0.6) is 5.75 Å². The maximum absolute atomic E-state index is 11.5. The zero-order chi connectivity index (χ0) is 13.7. The fourth-order valence-corrected chi connectivity index (χ4v) is 1.46. The van der Waals surface area contributed by atoms with Crippen molar-refractivity contribution in [1.29, 1.82) is 0 Å². The van der Waals surface area contributed by atoms with Crippen LogP contribution in [0.3, 0.4) is 0 Å². The van der Waals surface area contributed by atoms with Crippen molar-refractivity contribution in [2.45, 2.75) is 13.0 Å². The maximum Gasteiger partial charge on any atom is 0.322 e. The zero-order valence-corrected chi connectivity index (χ0v) is 11.0. The van der Waals surface area contributed by atoms with Gasteiger partial charge in [-0.2, -0.15) is 0 Å². The van der Waals surface area contributed by atoms with Crippen molar-refractivity contribution < 1.29 is 19.4 Å². The molecule has 18 heavy (non-hydrogen) atoms. The monoisotopic (exact) mass is 291 g/mol. The lowest BCUT2D eigenvalue weighted by molar-refractivity contribution is -0.139. The molecule has 0 aliphatic carbocycles. The van der Waals surface area contributed by atoms with E-state index in [9.17, 15) is 9.59 Å². The molecule has 5 nitrogen and oxygen atoms in total. The lowest BCUT2D eigenvalue weighted by Gasteiger charge is -2.15. The van der Waals surface area contributed by atoms with Gasteiger partial charge < -0.3 is 15.2 Å². The maximum atomic E-state index is 11.5. The molecule has 1 aromatic rings. The molecule has 0 aliphatic heterocycles. The Morgan fingerprint density at radius 3 is 2.72 bits per heavy atom. The fourth-order valence-electron chi connectivity index (χ4n) is 1.13. The summed E-state index contributed by atoms with van der Waals surface area (Å²) in [5, 5.41) is 11.1. The van der Waals surface area contributed by atoms with Crippen molar-refractivity contribution in [3.05, 3.63) is 28.2 Å². The number of rotatable bonds is 5. The molecule has 0 fully saturated rings. The van der Waals surface area contributed by atoms with Crippen LogP contribution in [0.2, 0.25) is 10.0 Å². The van der Waals surface area contributed by atoms with Crippen LogP contribution >= 0.6 is 23.2 Å². The van der Waals surface area contributed by atoms with Gasteiger partial charge in [0.1, 0.15) is 17.3 Å². The van der Waals surface area contributed by atoms with E-state index in [2.05, 4.69) is 5.32 Å². The van der Waals surface area contributed by atoms with Crippen LogP contribution in [0.25, 0.3) is 0 Å². The minimum atomic E-state index is -1.13. The number of nitrogens with one attached hydrogen (secondary N) is 1. The van der Waals surface area contributed by atoms with E-state index in [0.717, 1.165) is 0 Å². The summed E-state index contributed by atoms with van der Waals surface area (Å²) in [6, 6.07) is 4.78. The number of benzene rings is 1. The lowest BCUT2D eigenvalue weighted by atomic mass is 10.3. The topological polar surface area (TPSA) is 75.6 Å². The van der Waals surface area contributed by atoms with Gasteiger partial charge in [-0.15, -0.1) is 0 Å². The number of amides is 1. The normalized spacial score (nSPS) is 11.7. The van der Waals surface area contributed by atoms with Gasteiger partial charge in [-0.1, -0.05) is 29.3 Å². The van der Waals surface area contributed by atoms with Crippen LogP contribution in [0.1, 0.15) is 6.92 Å². The van der Waals surface area contributed by atoms with E-state index in [0.29, 0.717) is 5.02 Å². The molecule has 98 valence electrons. The number of aliphatic carboxylic acids is 1. The molecule has 0 bridgehead atoms. The minimum Gasteiger partial charge on any atom is -0.480 e. The van der Waals surface area contributed by atoms with Crippen molar-refractivity contribution in [3.63, 3.8) is 0 Å². The summed E-state index contributed by atoms with van der Waals surface area (Å²) in [5.41, 5.74) is 0. The second-order valence-corrected chi connectivity index (χ2v) is 4.21. The molecule has 0 heterocycles. The Morgan fingerprint density at radius 2 is 2.11 bits per heavy atom. The smallest absolute Gasteiger partial charge is 0.322 e. The number of hydrogen-bond donors (Lipinski definition) is 2. The second kappa shape index (κ2) is 6.47. The van der Waals surface area contributed by atoms with Gasteiger partial charge in [0.05, 0.1) is 5.02 Å². The summed E-state index contributed by atoms with van der Waals surface area (Å²) in [7, 11) is 0. The third-order valence-electron chi connectivity index (χ3n) is 2.00. The molecule has 0 spiro atoms. The average molecular weight is 292 g/mol. The first-order valence-corrected chi connectivity index (χ1v) is 5.77. The van der Waals surface area contributed by atoms with Gasteiger partial charge in [0, 0.05) is 0 Å². The van der Waals surface area contributed by atoms with Gasteiger partial charge in [-0.05, 0) is 19.1 Å². The van der Waals surface area contributed by atoms with E-state index in [1.165, 1.54) is 6.92 Å². The Balaban J connectivity index is 2.64. The molecule has 1 rings (SSSR count). The molecular formula is C11H11Cl2NO4. The molecule has 0 aromatic heterocycles. The summed E-state index contributed by atoms with van der Waals surface area (Å²) >= 11 is 11.7. The zero-order valence-electron chi connectivity index (χ0n) is 9.44. The summed E-state index contributed by atoms with van der Waals surface area (Å²) in [5.74, 6) is -1.41. The number of hydrogen-bond acceptors (Lipinski definition) is 3. The van der Waals surface area contributed by atoms with E-state index in [1.807, 2.05) is 0 Å². The Hall–Kier alpha value is -1.46. The van der Waals surface area contributed by atoms with Crippen LogP contribution < -0.4 is 10.1 Å². The average Bonchev–Trinajstić information content (AvgIpc) is 2.31. The van der Waals surface area contributed by atoms with Crippen LogP contribution in [0, 0.1) is 0 Å². The SMILES string of the molecule is CC(Oc1cccc(Cl)c1Cl)C(=O)NCC(=O)O. The molecule has 0 aliphatic rings. The number of carbonyl (C=O) groups is 2. The minimum absolute atomic E-state index is 0.206. The van der Waals surface area contributed by atoms with E-state index < -0.39 is 24.5 Å². The quantitative estimate of drug-likeness (QED) is 0.870. The molecule has 1 amide bonds. The summed E-state index contributed by atoms with van der Waals surface area (Å²) in [6.45, 7) is 1.02. The molecule has 0 radical (unpaired) electrons. The molecule has 1 aromatic carbocycles. The highest BCUT2D eigenvalue weighted by atomic mass is 35.5. The number of carboxylic acid groups (broad SMARTS) is 1. The van der Waals surface area contributed by atoms with Crippen molar-refractivity contribution >= 4 is 35.1 Å². The number of ether oxygens (including phenoxy) is 1. The highest BCUT2D eigenvalue weighted by Crippen LogP contribution is 2.31. The van der Waals surface area contributed by atoms with Crippen LogP contribution in [-0.2, 0) is 9.59 Å². The van der Waals surface area contributed by atoms with Crippen LogP contribution in [-0.4, -0.2) is 29.6 Å². The standard InChI is InChI=1S/C11H11Cl2NO4/c1-6(11(17)14-5-9(15)16)18-8-4-2-3-7(12)10(8)13/h2-4,6H,5H2,1H3,(H,14,17)(H,15,16). The highest BCUT2D eigenvalue weighted by Gasteiger charge is 2.17. The van der Waals surface area contributed by atoms with Gasteiger partial charge in [-0.3, -0.25) is 9.59 Å². The van der Waals surface area contributed by atoms with Gasteiger partial charge in [0.2, 0.25) is 0 Å². The van der Waals surface area contributed by atoms with Crippen molar-refractivity contribution in [2.24, 2.45) is 0 Å². The molecule has 0 saturated heterocycles. The summed E-state index contributed by atoms with van der Waals surface area (Å²) in [4.78, 5) is 21.8. The van der Waals surface area contributed by atoms with Crippen LogP contribution in [0.4, 0.5) is 0 Å². The third-order valence-corrected chi connectivity index (χ3v) is 2.80. The largest absolute Gasteiger partial charge is 0.480 e. The van der Waals surface area contributed by atoms with Gasteiger partial charge in [-0.25, -0.2) is 0 Å². The van der Waals surface area contributed by atoms with Gasteiger partial charge in [0.25, 0.3) is 5.91 Å². The first-order chi connectivity index (χ1) is 8.41. The van der Waals surface area contributed by atoms with Gasteiger partial charge >= 0.3 is 5.97 Å². The molecule has 1 atom stereocenters. The summed E-state index contributed by atoms with van der Waals surface area (Å²) in [6.07, 6.45) is -0.875. The van der Waals surface area contributed by atoms with E-state index in [4.69, 9.17) is 33.0 Å². The Bertz CT molecular complexity index is 464. The van der Waals surface area contributed by atoms with Crippen molar-refractivity contribution in [1.82, 2.24) is 5.32 Å². The number of carbonyl (C=O) groups excluding carboxylic acids is 1. The molecule has 7 heteroatoms. The highest BCUT2D eigenvalue weighted by molar-refractivity contribution is 6.42. The third kappa shape index (κ3) is 4.09. The Kier molecular flexibility index (Phi) is 5.25. The Morgan fingerprint density at radius 1 is 1.44 bits per heavy atom. The molecule has 1 unspecified atom stereocenters.